The predicted octanol–water partition coefficient (Wildman–Crippen LogP) is 0.882. The Kier molecular flexibility index (Phi) is 2.50. The molecular formula is C7H7F2N3O2. The number of rotatable bonds is 2. The number of nitrogens with two attached hydrogens (primary N) is 2. The second-order valence-corrected chi connectivity index (χ2v) is 2.50. The van der Waals surface area contributed by atoms with Crippen LogP contribution in [0.3, 0.4) is 0 Å². The van der Waals surface area contributed by atoms with Crippen molar-refractivity contribution in [2.45, 2.75) is 6.43 Å². The standard InChI is InChI=1S/C7H7F2N3O2/c8-5(9)4-2(7(13)14)1-3(10)12-6(4)11/h1,5H,(H,13,14)(H4,10,11,12). The van der Waals surface area contributed by atoms with Crippen LogP contribution in [0.4, 0.5) is 20.4 Å². The molecule has 1 aromatic rings. The van der Waals surface area contributed by atoms with E-state index in [1.807, 2.05) is 0 Å². The van der Waals surface area contributed by atoms with Crippen molar-refractivity contribution in [2.24, 2.45) is 0 Å². The summed E-state index contributed by atoms with van der Waals surface area (Å²) in [5.74, 6) is -2.28. The number of pyridine rings is 1. The molecule has 0 fully saturated rings. The summed E-state index contributed by atoms with van der Waals surface area (Å²) in [4.78, 5) is 13.9. The van der Waals surface area contributed by atoms with Gasteiger partial charge in [0.25, 0.3) is 6.43 Å². The van der Waals surface area contributed by atoms with Crippen LogP contribution in [0.5, 0.6) is 0 Å². The van der Waals surface area contributed by atoms with Gasteiger partial charge >= 0.3 is 5.97 Å². The van der Waals surface area contributed by atoms with Crippen LogP contribution in [-0.4, -0.2) is 16.1 Å². The molecule has 0 unspecified atom stereocenters. The first-order valence-electron chi connectivity index (χ1n) is 3.50. The minimum absolute atomic E-state index is 0.204. The summed E-state index contributed by atoms with van der Waals surface area (Å²) in [5, 5.41) is 8.59. The number of alkyl halides is 2. The van der Waals surface area contributed by atoms with Crippen LogP contribution in [0.1, 0.15) is 22.3 Å². The van der Waals surface area contributed by atoms with Crippen LogP contribution < -0.4 is 11.5 Å². The Morgan fingerprint density at radius 2 is 2.07 bits per heavy atom. The normalized spacial score (nSPS) is 10.5. The van der Waals surface area contributed by atoms with E-state index in [9.17, 15) is 13.6 Å². The van der Waals surface area contributed by atoms with E-state index >= 15 is 0 Å². The molecule has 76 valence electrons. The van der Waals surface area contributed by atoms with Crippen LogP contribution in [0.25, 0.3) is 0 Å². The number of nitrogen functional groups attached to an aromatic ring is 2. The molecule has 0 aromatic carbocycles. The Labute approximate surface area is 77.3 Å². The molecular weight excluding hydrogens is 196 g/mol. The van der Waals surface area contributed by atoms with E-state index in [0.717, 1.165) is 6.07 Å². The van der Waals surface area contributed by atoms with Gasteiger partial charge in [-0.05, 0) is 6.07 Å². The molecule has 5 nitrogen and oxygen atoms in total. The maximum atomic E-state index is 12.4. The maximum absolute atomic E-state index is 12.4. The molecule has 0 amide bonds. The zero-order valence-electron chi connectivity index (χ0n) is 6.87. The van der Waals surface area contributed by atoms with Crippen molar-refractivity contribution in [1.29, 1.82) is 0 Å². The van der Waals surface area contributed by atoms with Crippen LogP contribution in [0.2, 0.25) is 0 Å². The number of carbonyl (C=O) groups is 1. The lowest BCUT2D eigenvalue weighted by molar-refractivity contribution is 0.0684. The predicted molar refractivity (Wildman–Crippen MR) is 45.0 cm³/mol. The summed E-state index contributed by atoms with van der Waals surface area (Å²) in [6.07, 6.45) is -2.99. The fourth-order valence-corrected chi connectivity index (χ4v) is 1.00. The summed E-state index contributed by atoms with van der Waals surface area (Å²) in [5.41, 5.74) is 8.87. The van der Waals surface area contributed by atoms with Gasteiger partial charge in [0, 0.05) is 0 Å². The van der Waals surface area contributed by atoms with E-state index in [1.165, 1.54) is 0 Å². The largest absolute Gasteiger partial charge is 0.478 e. The fourth-order valence-electron chi connectivity index (χ4n) is 1.00. The van der Waals surface area contributed by atoms with Gasteiger partial charge in [-0.1, -0.05) is 0 Å². The summed E-state index contributed by atoms with van der Waals surface area (Å²) in [6, 6.07) is 0.847. The molecule has 1 aromatic heterocycles. The quantitative estimate of drug-likeness (QED) is 0.662. The average molecular weight is 203 g/mol. The van der Waals surface area contributed by atoms with Gasteiger partial charge in [0.05, 0.1) is 11.1 Å². The van der Waals surface area contributed by atoms with Crippen molar-refractivity contribution in [3.8, 4) is 0 Å². The third-order valence-electron chi connectivity index (χ3n) is 1.56. The van der Waals surface area contributed by atoms with Crippen molar-refractivity contribution >= 4 is 17.6 Å². The smallest absolute Gasteiger partial charge is 0.336 e. The molecule has 0 aliphatic rings. The van der Waals surface area contributed by atoms with Gasteiger partial charge < -0.3 is 16.6 Å². The maximum Gasteiger partial charge on any atom is 0.336 e. The van der Waals surface area contributed by atoms with E-state index in [4.69, 9.17) is 16.6 Å². The molecule has 1 heterocycles. The Morgan fingerprint density at radius 1 is 1.50 bits per heavy atom. The first-order chi connectivity index (χ1) is 6.43. The highest BCUT2D eigenvalue weighted by molar-refractivity contribution is 5.91. The Hall–Kier alpha value is -1.92. The summed E-state index contributed by atoms with van der Waals surface area (Å²) >= 11 is 0. The van der Waals surface area contributed by atoms with Gasteiger partial charge in [-0.2, -0.15) is 0 Å². The molecule has 0 spiro atoms. The molecule has 0 radical (unpaired) electrons. The van der Waals surface area contributed by atoms with Crippen molar-refractivity contribution < 1.29 is 18.7 Å². The van der Waals surface area contributed by atoms with Crippen LogP contribution in [0, 0.1) is 0 Å². The number of hydrogen-bond acceptors (Lipinski definition) is 4. The lowest BCUT2D eigenvalue weighted by Gasteiger charge is -2.08. The SMILES string of the molecule is Nc1cc(C(=O)O)c(C(F)F)c(N)n1. The van der Waals surface area contributed by atoms with Gasteiger partial charge in [0.1, 0.15) is 11.6 Å². The van der Waals surface area contributed by atoms with E-state index < -0.39 is 29.3 Å². The van der Waals surface area contributed by atoms with E-state index in [1.54, 1.807) is 0 Å². The fraction of sp³-hybridized carbons (Fsp3) is 0.143. The van der Waals surface area contributed by atoms with E-state index in [0.29, 0.717) is 0 Å². The highest BCUT2D eigenvalue weighted by Crippen LogP contribution is 2.28. The van der Waals surface area contributed by atoms with Gasteiger partial charge in [-0.3, -0.25) is 0 Å². The summed E-state index contributed by atoms with van der Waals surface area (Å²) < 4.78 is 24.7. The first kappa shape index (κ1) is 10.2. The average Bonchev–Trinajstić information content (AvgIpc) is 2.01. The molecule has 0 saturated heterocycles. The van der Waals surface area contributed by atoms with Crippen molar-refractivity contribution in [3.63, 3.8) is 0 Å². The third kappa shape index (κ3) is 1.70. The van der Waals surface area contributed by atoms with E-state index in [2.05, 4.69) is 4.98 Å². The number of carboxylic acid groups (broad SMARTS) is 1. The minimum atomic E-state index is -2.99. The molecule has 5 N–H and O–H groups in total. The number of aromatic nitrogens is 1. The monoisotopic (exact) mass is 203 g/mol. The topological polar surface area (TPSA) is 102 Å². The van der Waals surface area contributed by atoms with Gasteiger partial charge in [0.15, 0.2) is 0 Å². The lowest BCUT2D eigenvalue weighted by Crippen LogP contribution is -2.10. The van der Waals surface area contributed by atoms with Crippen molar-refractivity contribution in [3.05, 3.63) is 17.2 Å². The Balaban J connectivity index is 3.44. The molecule has 7 heteroatoms. The molecule has 0 aliphatic carbocycles. The minimum Gasteiger partial charge on any atom is -0.478 e. The number of nitrogens with zero attached hydrogens (tertiary/aromatic N) is 1. The van der Waals surface area contributed by atoms with E-state index in [-0.39, 0.29) is 5.82 Å². The zero-order chi connectivity index (χ0) is 10.9. The number of aromatic carboxylic acids is 1. The van der Waals surface area contributed by atoms with Crippen molar-refractivity contribution in [2.75, 3.05) is 11.5 Å². The summed E-state index contributed by atoms with van der Waals surface area (Å²) in [7, 11) is 0. The molecule has 0 bridgehead atoms. The lowest BCUT2D eigenvalue weighted by atomic mass is 10.1. The van der Waals surface area contributed by atoms with Crippen molar-refractivity contribution in [1.82, 2.24) is 4.98 Å². The third-order valence-corrected chi connectivity index (χ3v) is 1.56. The highest BCUT2D eigenvalue weighted by atomic mass is 19.3. The number of anilines is 2. The van der Waals surface area contributed by atoms with Gasteiger partial charge in [-0.15, -0.1) is 0 Å². The second-order valence-electron chi connectivity index (χ2n) is 2.50. The van der Waals surface area contributed by atoms with Crippen LogP contribution >= 0.6 is 0 Å². The molecule has 14 heavy (non-hydrogen) atoms. The number of carboxylic acids is 1. The number of halogens is 2. The van der Waals surface area contributed by atoms with Gasteiger partial charge in [0.2, 0.25) is 0 Å². The number of hydrogen-bond donors (Lipinski definition) is 3. The van der Waals surface area contributed by atoms with Crippen LogP contribution in [0.15, 0.2) is 6.07 Å². The molecule has 0 aliphatic heterocycles. The van der Waals surface area contributed by atoms with Gasteiger partial charge in [-0.25, -0.2) is 18.6 Å². The Bertz CT molecular complexity index is 381. The molecule has 0 atom stereocenters. The molecule has 0 saturated carbocycles. The molecule has 1 rings (SSSR count). The first-order valence-corrected chi connectivity index (χ1v) is 3.50. The zero-order valence-corrected chi connectivity index (χ0v) is 6.87. The summed E-state index contributed by atoms with van der Waals surface area (Å²) in [6.45, 7) is 0. The van der Waals surface area contributed by atoms with Crippen LogP contribution in [-0.2, 0) is 0 Å². The highest BCUT2D eigenvalue weighted by Gasteiger charge is 2.22. The Morgan fingerprint density at radius 3 is 2.50 bits per heavy atom. The second kappa shape index (κ2) is 3.44.